The number of rotatable bonds is 7. The van der Waals surface area contributed by atoms with Crippen molar-refractivity contribution in [1.29, 1.82) is 0 Å². The molecule has 0 bridgehead atoms. The summed E-state index contributed by atoms with van der Waals surface area (Å²) >= 11 is 0. The maximum Gasteiger partial charge on any atom is 0.264 e. The van der Waals surface area contributed by atoms with Crippen LogP contribution in [0.4, 0.5) is 5.69 Å². The van der Waals surface area contributed by atoms with Gasteiger partial charge in [-0.25, -0.2) is 13.8 Å². The average molecular weight is 443 g/mol. The summed E-state index contributed by atoms with van der Waals surface area (Å²) in [6, 6.07) is 13.9. The number of benzene rings is 2. The number of likely N-dealkylation sites (tertiary alicyclic amines) is 1. The van der Waals surface area contributed by atoms with Gasteiger partial charge in [-0.3, -0.25) is 9.10 Å². The molecule has 0 aromatic heterocycles. The van der Waals surface area contributed by atoms with Gasteiger partial charge in [-0.1, -0.05) is 42.8 Å². The molecule has 1 heterocycles. The number of carbonyl (C=O) groups is 1. The zero-order chi connectivity index (χ0) is 22.4. The Morgan fingerprint density at radius 3 is 2.39 bits per heavy atom. The van der Waals surface area contributed by atoms with Crippen molar-refractivity contribution in [2.45, 2.75) is 38.0 Å². The Kier molecular flexibility index (Phi) is 7.46. The molecule has 3 rings (SSSR count). The number of hydrogen-bond acceptors (Lipinski definition) is 5. The SMILES string of the molecule is CCc1ccccc1N(CC(=O)NN=C1CCN(C)CC1)S(=O)(=O)c1ccc(C)cc1. The first kappa shape index (κ1) is 23.0. The molecular weight excluding hydrogens is 412 g/mol. The number of nitrogens with zero attached hydrogens (tertiary/aromatic N) is 3. The minimum Gasteiger partial charge on any atom is -0.306 e. The molecule has 1 N–H and O–H groups in total. The third-order valence-electron chi connectivity index (χ3n) is 5.44. The van der Waals surface area contributed by atoms with Gasteiger partial charge in [0.25, 0.3) is 15.9 Å². The van der Waals surface area contributed by atoms with E-state index < -0.39 is 15.9 Å². The van der Waals surface area contributed by atoms with Gasteiger partial charge in [-0.2, -0.15) is 5.10 Å². The van der Waals surface area contributed by atoms with Crippen molar-refractivity contribution < 1.29 is 13.2 Å². The number of hydrazone groups is 1. The summed E-state index contributed by atoms with van der Waals surface area (Å²) in [7, 11) is -1.88. The van der Waals surface area contributed by atoms with Gasteiger partial charge >= 0.3 is 0 Å². The summed E-state index contributed by atoms with van der Waals surface area (Å²) in [6.07, 6.45) is 2.23. The predicted octanol–water partition coefficient (Wildman–Crippen LogP) is 2.95. The number of sulfonamides is 1. The molecule has 8 heteroatoms. The van der Waals surface area contributed by atoms with E-state index in [4.69, 9.17) is 0 Å². The van der Waals surface area contributed by atoms with Gasteiger partial charge in [-0.05, 0) is 44.2 Å². The molecule has 1 aliphatic rings. The van der Waals surface area contributed by atoms with Crippen LogP contribution in [0.15, 0.2) is 58.5 Å². The van der Waals surface area contributed by atoms with Gasteiger partial charge in [0.2, 0.25) is 0 Å². The number of hydrogen-bond donors (Lipinski definition) is 1. The van der Waals surface area contributed by atoms with Gasteiger partial charge in [0, 0.05) is 31.6 Å². The molecule has 31 heavy (non-hydrogen) atoms. The predicted molar refractivity (Wildman–Crippen MR) is 124 cm³/mol. The summed E-state index contributed by atoms with van der Waals surface area (Å²) in [5.41, 5.74) is 5.81. The highest BCUT2D eigenvalue weighted by Crippen LogP contribution is 2.27. The van der Waals surface area contributed by atoms with E-state index in [9.17, 15) is 13.2 Å². The van der Waals surface area contributed by atoms with E-state index in [1.807, 2.05) is 33.0 Å². The van der Waals surface area contributed by atoms with Crippen LogP contribution >= 0.6 is 0 Å². The normalized spacial score (nSPS) is 14.9. The van der Waals surface area contributed by atoms with E-state index in [2.05, 4.69) is 15.4 Å². The van der Waals surface area contributed by atoms with E-state index in [-0.39, 0.29) is 11.4 Å². The van der Waals surface area contributed by atoms with Crippen LogP contribution in [-0.2, 0) is 21.2 Å². The molecule has 2 aromatic carbocycles. The zero-order valence-electron chi connectivity index (χ0n) is 18.3. The largest absolute Gasteiger partial charge is 0.306 e. The molecule has 2 aromatic rings. The maximum atomic E-state index is 13.5. The van der Waals surface area contributed by atoms with Crippen molar-refractivity contribution in [3.8, 4) is 0 Å². The van der Waals surface area contributed by atoms with E-state index in [1.165, 1.54) is 4.31 Å². The minimum atomic E-state index is -3.93. The van der Waals surface area contributed by atoms with Crippen molar-refractivity contribution in [3.63, 3.8) is 0 Å². The smallest absolute Gasteiger partial charge is 0.264 e. The number of nitrogens with one attached hydrogen (secondary N) is 1. The standard InChI is InChI=1S/C23H30N4O3S/c1-4-19-7-5-6-8-22(19)27(31(29,30)21-11-9-18(2)10-12-21)17-23(28)25-24-20-13-15-26(3)16-14-20/h5-12H,4,13-17H2,1-3H3,(H,25,28). The van der Waals surface area contributed by atoms with Crippen LogP contribution in [0.3, 0.4) is 0 Å². The van der Waals surface area contributed by atoms with Crippen molar-refractivity contribution in [3.05, 3.63) is 59.7 Å². The lowest BCUT2D eigenvalue weighted by molar-refractivity contribution is -0.119. The van der Waals surface area contributed by atoms with Gasteiger partial charge in [0.05, 0.1) is 10.6 Å². The molecule has 0 spiro atoms. The summed E-state index contributed by atoms with van der Waals surface area (Å²) < 4.78 is 28.2. The molecule has 0 aliphatic carbocycles. The topological polar surface area (TPSA) is 82.1 Å². The van der Waals surface area contributed by atoms with E-state index >= 15 is 0 Å². The van der Waals surface area contributed by atoms with Gasteiger partial charge in [-0.15, -0.1) is 0 Å². The quantitative estimate of drug-likeness (QED) is 0.669. The Hall–Kier alpha value is -2.71. The lowest BCUT2D eigenvalue weighted by Crippen LogP contribution is -2.40. The fourth-order valence-electron chi connectivity index (χ4n) is 3.49. The molecule has 1 aliphatic heterocycles. The second-order valence-electron chi connectivity index (χ2n) is 7.82. The molecule has 166 valence electrons. The molecule has 0 unspecified atom stereocenters. The number of amides is 1. The Bertz CT molecular complexity index is 1040. The third-order valence-corrected chi connectivity index (χ3v) is 7.21. The van der Waals surface area contributed by atoms with Crippen LogP contribution in [0.25, 0.3) is 0 Å². The molecule has 1 fully saturated rings. The number of anilines is 1. The molecule has 0 saturated carbocycles. The summed E-state index contributed by atoms with van der Waals surface area (Å²) in [4.78, 5) is 15.1. The molecule has 1 saturated heterocycles. The Balaban J connectivity index is 1.88. The fourth-order valence-corrected chi connectivity index (χ4v) is 4.94. The van der Waals surface area contributed by atoms with Gasteiger partial charge < -0.3 is 4.90 Å². The summed E-state index contributed by atoms with van der Waals surface area (Å²) in [5, 5.41) is 4.24. The van der Waals surface area contributed by atoms with Gasteiger partial charge in [0.1, 0.15) is 6.54 Å². The van der Waals surface area contributed by atoms with Crippen molar-refractivity contribution in [2.75, 3.05) is 31.0 Å². The monoisotopic (exact) mass is 442 g/mol. The first-order valence-corrected chi connectivity index (χ1v) is 12.0. The lowest BCUT2D eigenvalue weighted by atomic mass is 10.1. The number of piperidine rings is 1. The average Bonchev–Trinajstić information content (AvgIpc) is 2.77. The second-order valence-corrected chi connectivity index (χ2v) is 9.69. The summed E-state index contributed by atoms with van der Waals surface area (Å²) in [5.74, 6) is -0.465. The van der Waals surface area contributed by atoms with Crippen LogP contribution in [0.1, 0.15) is 30.9 Å². The number of carbonyl (C=O) groups excluding carboxylic acids is 1. The fraction of sp³-hybridized carbons (Fsp3) is 0.391. The maximum absolute atomic E-state index is 13.5. The third kappa shape index (κ3) is 5.71. The van der Waals surface area contributed by atoms with Crippen LogP contribution in [0.5, 0.6) is 0 Å². The first-order chi connectivity index (χ1) is 14.8. The highest BCUT2D eigenvalue weighted by molar-refractivity contribution is 7.92. The summed E-state index contributed by atoms with van der Waals surface area (Å²) in [6.45, 7) is 5.31. The van der Waals surface area contributed by atoms with Crippen molar-refractivity contribution in [1.82, 2.24) is 10.3 Å². The lowest BCUT2D eigenvalue weighted by Gasteiger charge is -2.26. The Labute approximate surface area is 184 Å². The van der Waals surface area contributed by atoms with E-state index in [1.54, 1.807) is 36.4 Å². The molecular formula is C23H30N4O3S. The highest BCUT2D eigenvalue weighted by atomic mass is 32.2. The Morgan fingerprint density at radius 2 is 1.74 bits per heavy atom. The second kappa shape index (κ2) is 10.1. The Morgan fingerprint density at radius 1 is 1.10 bits per heavy atom. The number of aryl methyl sites for hydroxylation is 2. The van der Waals surface area contributed by atoms with Crippen molar-refractivity contribution in [2.24, 2.45) is 5.10 Å². The van der Waals surface area contributed by atoms with E-state index in [0.29, 0.717) is 12.1 Å². The highest BCUT2D eigenvalue weighted by Gasteiger charge is 2.28. The molecule has 7 nitrogen and oxygen atoms in total. The van der Waals surface area contributed by atoms with E-state index in [0.717, 1.165) is 42.8 Å². The van der Waals surface area contributed by atoms with Crippen LogP contribution in [-0.4, -0.2) is 51.6 Å². The molecule has 0 atom stereocenters. The van der Waals surface area contributed by atoms with Crippen molar-refractivity contribution >= 4 is 27.3 Å². The van der Waals surface area contributed by atoms with Crippen LogP contribution in [0, 0.1) is 6.92 Å². The minimum absolute atomic E-state index is 0.151. The van der Waals surface area contributed by atoms with Crippen LogP contribution < -0.4 is 9.73 Å². The first-order valence-electron chi connectivity index (χ1n) is 10.5. The molecule has 0 radical (unpaired) electrons. The van der Waals surface area contributed by atoms with Gasteiger partial charge in [0.15, 0.2) is 0 Å². The number of para-hydroxylation sites is 1. The molecule has 1 amide bonds. The zero-order valence-corrected chi connectivity index (χ0v) is 19.2. The van der Waals surface area contributed by atoms with Crippen LogP contribution in [0.2, 0.25) is 0 Å².